The SMILES string of the molecule is O=C(Nc1ccc([N+](=O)[O-])cc1C(=O)Nc1ccc(Cl)cn1)c1ccc(N2CCCCC2=O)cc1. The van der Waals surface area contributed by atoms with Crippen molar-refractivity contribution in [3.8, 4) is 0 Å². The molecule has 0 unspecified atom stereocenters. The average molecular weight is 494 g/mol. The van der Waals surface area contributed by atoms with Crippen LogP contribution in [0.1, 0.15) is 40.0 Å². The lowest BCUT2D eigenvalue weighted by molar-refractivity contribution is -0.384. The van der Waals surface area contributed by atoms with Crippen LogP contribution in [-0.4, -0.2) is 34.2 Å². The van der Waals surface area contributed by atoms with Gasteiger partial charge in [-0.3, -0.25) is 24.5 Å². The van der Waals surface area contributed by atoms with Gasteiger partial charge in [-0.2, -0.15) is 0 Å². The maximum Gasteiger partial charge on any atom is 0.270 e. The van der Waals surface area contributed by atoms with Gasteiger partial charge in [-0.25, -0.2) is 4.98 Å². The van der Waals surface area contributed by atoms with Gasteiger partial charge in [0, 0.05) is 42.5 Å². The molecule has 35 heavy (non-hydrogen) atoms. The standard InChI is InChI=1S/C24H20ClN5O5/c25-16-6-11-21(26-14-16)28-24(33)19-13-18(30(34)35)9-10-20(19)27-23(32)15-4-7-17(8-5-15)29-12-2-1-3-22(29)31/h4-11,13-14H,1-3,12H2,(H,27,32)(H,26,28,33). The van der Waals surface area contributed by atoms with E-state index in [1.165, 1.54) is 30.5 Å². The number of hydrogen-bond acceptors (Lipinski definition) is 6. The first-order valence-corrected chi connectivity index (χ1v) is 11.1. The molecule has 11 heteroatoms. The van der Waals surface area contributed by atoms with Crippen molar-refractivity contribution in [3.63, 3.8) is 0 Å². The van der Waals surface area contributed by atoms with Gasteiger partial charge in [-0.05, 0) is 55.3 Å². The van der Waals surface area contributed by atoms with Crippen LogP contribution in [0.2, 0.25) is 5.02 Å². The Morgan fingerprint density at radius 2 is 1.77 bits per heavy atom. The van der Waals surface area contributed by atoms with E-state index in [-0.39, 0.29) is 28.7 Å². The van der Waals surface area contributed by atoms with Crippen LogP contribution in [0.25, 0.3) is 0 Å². The normalized spacial score (nSPS) is 13.3. The molecule has 0 atom stereocenters. The van der Waals surface area contributed by atoms with Crippen LogP contribution in [0.4, 0.5) is 22.9 Å². The minimum atomic E-state index is -0.696. The largest absolute Gasteiger partial charge is 0.321 e. The van der Waals surface area contributed by atoms with Gasteiger partial charge in [0.25, 0.3) is 17.5 Å². The summed E-state index contributed by atoms with van der Waals surface area (Å²) in [5.41, 5.74) is 0.661. The molecule has 0 aliphatic carbocycles. The number of amides is 3. The Morgan fingerprint density at radius 1 is 1.00 bits per heavy atom. The predicted octanol–water partition coefficient (Wildman–Crippen LogP) is 4.66. The second-order valence-corrected chi connectivity index (χ2v) is 8.24. The summed E-state index contributed by atoms with van der Waals surface area (Å²) in [5, 5.41) is 16.8. The van der Waals surface area contributed by atoms with E-state index in [4.69, 9.17) is 11.6 Å². The number of nitro groups is 1. The highest BCUT2D eigenvalue weighted by Crippen LogP contribution is 2.25. The number of benzene rings is 2. The molecular formula is C24H20ClN5O5. The molecule has 2 aromatic carbocycles. The van der Waals surface area contributed by atoms with E-state index in [0.29, 0.717) is 29.2 Å². The highest BCUT2D eigenvalue weighted by molar-refractivity contribution is 6.30. The van der Waals surface area contributed by atoms with E-state index in [1.807, 2.05) is 0 Å². The fraction of sp³-hybridized carbons (Fsp3) is 0.167. The molecule has 1 aromatic heterocycles. The van der Waals surface area contributed by atoms with Gasteiger partial charge in [-0.1, -0.05) is 11.6 Å². The van der Waals surface area contributed by atoms with Gasteiger partial charge in [-0.15, -0.1) is 0 Å². The Kier molecular flexibility index (Phi) is 7.02. The number of non-ortho nitro benzene ring substituents is 1. The summed E-state index contributed by atoms with van der Waals surface area (Å²) in [4.78, 5) is 54.1. The number of halogens is 1. The second kappa shape index (κ2) is 10.3. The molecule has 1 aliphatic heterocycles. The third kappa shape index (κ3) is 5.61. The van der Waals surface area contributed by atoms with Gasteiger partial charge in [0.2, 0.25) is 5.91 Å². The smallest absolute Gasteiger partial charge is 0.270 e. The lowest BCUT2D eigenvalue weighted by Crippen LogP contribution is -2.35. The highest BCUT2D eigenvalue weighted by Gasteiger charge is 2.21. The summed E-state index contributed by atoms with van der Waals surface area (Å²) < 4.78 is 0. The van der Waals surface area contributed by atoms with Crippen LogP contribution in [0, 0.1) is 10.1 Å². The number of nitrogens with zero attached hydrogens (tertiary/aromatic N) is 3. The van der Waals surface area contributed by atoms with Crippen molar-refractivity contribution in [1.82, 2.24) is 4.98 Å². The number of anilines is 3. The van der Waals surface area contributed by atoms with Crippen LogP contribution in [-0.2, 0) is 4.79 Å². The number of nitro benzene ring substituents is 1. The Balaban J connectivity index is 1.55. The molecule has 0 saturated carbocycles. The van der Waals surface area contributed by atoms with Crippen molar-refractivity contribution >= 4 is 52.2 Å². The van der Waals surface area contributed by atoms with Gasteiger partial charge in [0.1, 0.15) is 5.82 Å². The van der Waals surface area contributed by atoms with Crippen molar-refractivity contribution in [3.05, 3.63) is 87.1 Å². The first-order valence-electron chi connectivity index (χ1n) is 10.7. The molecule has 10 nitrogen and oxygen atoms in total. The molecule has 1 fully saturated rings. The molecule has 4 rings (SSSR count). The Labute approximate surface area is 205 Å². The fourth-order valence-corrected chi connectivity index (χ4v) is 3.75. The van der Waals surface area contributed by atoms with E-state index in [9.17, 15) is 24.5 Å². The average Bonchev–Trinajstić information content (AvgIpc) is 2.86. The van der Waals surface area contributed by atoms with Crippen molar-refractivity contribution in [2.45, 2.75) is 19.3 Å². The van der Waals surface area contributed by atoms with Gasteiger partial charge < -0.3 is 15.5 Å². The third-order valence-corrected chi connectivity index (χ3v) is 5.66. The zero-order valence-corrected chi connectivity index (χ0v) is 19.1. The van der Waals surface area contributed by atoms with Crippen LogP contribution in [0.3, 0.4) is 0 Å². The molecule has 0 bridgehead atoms. The number of rotatable bonds is 6. The topological polar surface area (TPSA) is 135 Å². The number of aromatic nitrogens is 1. The van der Waals surface area contributed by atoms with E-state index >= 15 is 0 Å². The number of carbonyl (C=O) groups is 3. The summed E-state index contributed by atoms with van der Waals surface area (Å²) >= 11 is 5.81. The van der Waals surface area contributed by atoms with Crippen LogP contribution in [0.15, 0.2) is 60.8 Å². The molecule has 2 N–H and O–H groups in total. The zero-order chi connectivity index (χ0) is 24.9. The molecule has 0 spiro atoms. The molecular weight excluding hydrogens is 474 g/mol. The number of pyridine rings is 1. The monoisotopic (exact) mass is 493 g/mol. The molecule has 0 radical (unpaired) electrons. The maximum atomic E-state index is 12.9. The minimum Gasteiger partial charge on any atom is -0.321 e. The summed E-state index contributed by atoms with van der Waals surface area (Å²) in [7, 11) is 0. The lowest BCUT2D eigenvalue weighted by Gasteiger charge is -2.26. The van der Waals surface area contributed by atoms with Gasteiger partial charge in [0.05, 0.1) is 21.2 Å². The summed E-state index contributed by atoms with van der Waals surface area (Å²) in [6, 6.07) is 13.1. The molecule has 2 heterocycles. The van der Waals surface area contributed by atoms with Gasteiger partial charge in [0.15, 0.2) is 0 Å². The predicted molar refractivity (Wildman–Crippen MR) is 131 cm³/mol. The van der Waals surface area contributed by atoms with Crippen LogP contribution in [0.5, 0.6) is 0 Å². The van der Waals surface area contributed by atoms with Crippen molar-refractivity contribution in [1.29, 1.82) is 0 Å². The molecule has 1 saturated heterocycles. The van der Waals surface area contributed by atoms with Crippen molar-refractivity contribution in [2.24, 2.45) is 0 Å². The summed E-state index contributed by atoms with van der Waals surface area (Å²) in [6.45, 7) is 0.633. The van der Waals surface area contributed by atoms with Crippen LogP contribution < -0.4 is 15.5 Å². The summed E-state index contributed by atoms with van der Waals surface area (Å²) in [6.07, 6.45) is 3.63. The van der Waals surface area contributed by atoms with E-state index in [0.717, 1.165) is 18.9 Å². The quantitative estimate of drug-likeness (QED) is 0.378. The first-order chi connectivity index (χ1) is 16.8. The van der Waals surface area contributed by atoms with Crippen molar-refractivity contribution in [2.75, 3.05) is 22.1 Å². The molecule has 1 aliphatic rings. The Bertz CT molecular complexity index is 1290. The second-order valence-electron chi connectivity index (χ2n) is 7.81. The van der Waals surface area contributed by atoms with Crippen LogP contribution >= 0.6 is 11.6 Å². The zero-order valence-electron chi connectivity index (χ0n) is 18.4. The number of hydrogen-bond donors (Lipinski definition) is 2. The van der Waals surface area contributed by atoms with E-state index < -0.39 is 16.7 Å². The maximum absolute atomic E-state index is 12.9. The lowest BCUT2D eigenvalue weighted by atomic mass is 10.1. The number of nitrogens with one attached hydrogen (secondary N) is 2. The highest BCUT2D eigenvalue weighted by atomic mass is 35.5. The van der Waals surface area contributed by atoms with Gasteiger partial charge >= 0.3 is 0 Å². The minimum absolute atomic E-state index is 0.0464. The van der Waals surface area contributed by atoms with E-state index in [1.54, 1.807) is 29.2 Å². The fourth-order valence-electron chi connectivity index (χ4n) is 3.64. The molecule has 3 aromatic rings. The Morgan fingerprint density at radius 3 is 2.43 bits per heavy atom. The number of carbonyl (C=O) groups excluding carboxylic acids is 3. The first kappa shape index (κ1) is 23.8. The summed E-state index contributed by atoms with van der Waals surface area (Å²) in [5.74, 6) is -0.983. The molecule has 178 valence electrons. The van der Waals surface area contributed by atoms with E-state index in [2.05, 4.69) is 15.6 Å². The molecule has 3 amide bonds. The van der Waals surface area contributed by atoms with Crippen molar-refractivity contribution < 1.29 is 19.3 Å². The third-order valence-electron chi connectivity index (χ3n) is 5.44. The Hall–Kier alpha value is -4.31. The number of piperidine rings is 1.